The van der Waals surface area contributed by atoms with Gasteiger partial charge in [0.2, 0.25) is 0 Å². The Morgan fingerprint density at radius 2 is 1.94 bits per heavy atom. The fourth-order valence-electron chi connectivity index (χ4n) is 3.28. The molecular formula is C16H23BrO. The highest BCUT2D eigenvalue weighted by atomic mass is 79.9. The van der Waals surface area contributed by atoms with E-state index in [1.165, 1.54) is 24.0 Å². The summed E-state index contributed by atoms with van der Waals surface area (Å²) in [6, 6.07) is 4.26. The van der Waals surface area contributed by atoms with Crippen LogP contribution < -0.4 is 0 Å². The van der Waals surface area contributed by atoms with Gasteiger partial charge in [0, 0.05) is 4.47 Å². The second-order valence-electron chi connectivity index (χ2n) is 6.39. The van der Waals surface area contributed by atoms with Crippen molar-refractivity contribution in [3.63, 3.8) is 0 Å². The molecular weight excluding hydrogens is 288 g/mol. The number of benzene rings is 1. The van der Waals surface area contributed by atoms with Crippen molar-refractivity contribution in [3.05, 3.63) is 33.3 Å². The molecule has 1 fully saturated rings. The van der Waals surface area contributed by atoms with E-state index in [4.69, 9.17) is 0 Å². The summed E-state index contributed by atoms with van der Waals surface area (Å²) in [6.45, 7) is 8.74. The molecule has 1 nitrogen and oxygen atoms in total. The highest BCUT2D eigenvalue weighted by Gasteiger charge is 2.39. The normalized spacial score (nSPS) is 24.2. The van der Waals surface area contributed by atoms with Crippen molar-refractivity contribution in [2.24, 2.45) is 11.3 Å². The van der Waals surface area contributed by atoms with Crippen molar-refractivity contribution >= 4 is 15.9 Å². The van der Waals surface area contributed by atoms with E-state index in [2.05, 4.69) is 55.8 Å². The first-order chi connectivity index (χ1) is 8.33. The molecule has 2 atom stereocenters. The molecule has 1 aromatic rings. The molecule has 0 aliphatic heterocycles. The van der Waals surface area contributed by atoms with Crippen LogP contribution in [-0.4, -0.2) is 5.11 Å². The summed E-state index contributed by atoms with van der Waals surface area (Å²) in [7, 11) is 0. The van der Waals surface area contributed by atoms with Crippen LogP contribution in [0.1, 0.15) is 55.9 Å². The van der Waals surface area contributed by atoms with Gasteiger partial charge >= 0.3 is 0 Å². The Hall–Kier alpha value is -0.340. The summed E-state index contributed by atoms with van der Waals surface area (Å²) in [5.74, 6) is 0.386. The number of aryl methyl sites for hydroxylation is 2. The van der Waals surface area contributed by atoms with Gasteiger partial charge in [-0.05, 0) is 60.8 Å². The van der Waals surface area contributed by atoms with Crippen LogP contribution >= 0.6 is 15.9 Å². The SMILES string of the molecule is Cc1cc(C(O)C2CCCC2(C)C)c(C)cc1Br. The molecule has 2 heteroatoms. The van der Waals surface area contributed by atoms with Crippen LogP contribution in [0.5, 0.6) is 0 Å². The van der Waals surface area contributed by atoms with Gasteiger partial charge in [-0.3, -0.25) is 0 Å². The second kappa shape index (κ2) is 4.97. The molecule has 1 saturated carbocycles. The van der Waals surface area contributed by atoms with Crippen LogP contribution in [0.4, 0.5) is 0 Å². The molecule has 0 radical (unpaired) electrons. The van der Waals surface area contributed by atoms with Crippen molar-refractivity contribution in [1.82, 2.24) is 0 Å². The smallest absolute Gasteiger partial charge is 0.0825 e. The third kappa shape index (κ3) is 2.50. The molecule has 18 heavy (non-hydrogen) atoms. The Morgan fingerprint density at radius 3 is 2.50 bits per heavy atom. The van der Waals surface area contributed by atoms with Crippen LogP contribution in [0.25, 0.3) is 0 Å². The number of halogens is 1. The van der Waals surface area contributed by atoms with Crippen LogP contribution in [0.3, 0.4) is 0 Å². The largest absolute Gasteiger partial charge is 0.388 e. The summed E-state index contributed by atoms with van der Waals surface area (Å²) >= 11 is 3.55. The molecule has 1 aromatic carbocycles. The van der Waals surface area contributed by atoms with Crippen LogP contribution in [0.15, 0.2) is 16.6 Å². The lowest BCUT2D eigenvalue weighted by atomic mass is 9.76. The molecule has 0 saturated heterocycles. The first kappa shape index (κ1) is 14.1. The topological polar surface area (TPSA) is 20.2 Å². The Labute approximate surface area is 119 Å². The molecule has 0 aromatic heterocycles. The number of aliphatic hydroxyl groups is 1. The molecule has 0 bridgehead atoms. The van der Waals surface area contributed by atoms with Gasteiger partial charge in [0.1, 0.15) is 0 Å². The zero-order valence-corrected chi connectivity index (χ0v) is 13.3. The molecule has 0 heterocycles. The van der Waals surface area contributed by atoms with Crippen molar-refractivity contribution in [1.29, 1.82) is 0 Å². The fraction of sp³-hybridized carbons (Fsp3) is 0.625. The number of hydrogen-bond donors (Lipinski definition) is 1. The first-order valence-electron chi connectivity index (χ1n) is 6.77. The molecule has 1 aliphatic carbocycles. The van der Waals surface area contributed by atoms with Crippen molar-refractivity contribution in [3.8, 4) is 0 Å². The zero-order chi connectivity index (χ0) is 13.5. The quantitative estimate of drug-likeness (QED) is 0.821. The van der Waals surface area contributed by atoms with E-state index >= 15 is 0 Å². The average Bonchev–Trinajstić information content (AvgIpc) is 2.62. The first-order valence-corrected chi connectivity index (χ1v) is 7.57. The monoisotopic (exact) mass is 310 g/mol. The van der Waals surface area contributed by atoms with E-state index in [-0.39, 0.29) is 11.5 Å². The molecule has 1 N–H and O–H groups in total. The van der Waals surface area contributed by atoms with E-state index in [1.807, 2.05) is 0 Å². The van der Waals surface area contributed by atoms with E-state index in [1.54, 1.807) is 0 Å². The maximum Gasteiger partial charge on any atom is 0.0825 e. The lowest BCUT2D eigenvalue weighted by molar-refractivity contribution is 0.0526. The van der Waals surface area contributed by atoms with Gasteiger partial charge in [0.05, 0.1) is 6.10 Å². The minimum absolute atomic E-state index is 0.257. The Bertz CT molecular complexity index is 451. The second-order valence-corrected chi connectivity index (χ2v) is 7.24. The highest BCUT2D eigenvalue weighted by molar-refractivity contribution is 9.10. The standard InChI is InChI=1S/C16H23BrO/c1-10-9-14(17)11(2)8-12(10)15(18)13-6-5-7-16(13,3)4/h8-9,13,15,18H,5-7H2,1-4H3. The maximum absolute atomic E-state index is 10.7. The van der Waals surface area contributed by atoms with E-state index in [9.17, 15) is 5.11 Å². The van der Waals surface area contributed by atoms with E-state index in [0.717, 1.165) is 16.5 Å². The average molecular weight is 311 g/mol. The third-order valence-corrected chi connectivity index (χ3v) is 5.44. The summed E-state index contributed by atoms with van der Waals surface area (Å²) in [4.78, 5) is 0. The number of rotatable bonds is 2. The predicted octanol–water partition coefficient (Wildman–Crippen LogP) is 4.93. The van der Waals surface area contributed by atoms with Gasteiger partial charge in [-0.15, -0.1) is 0 Å². The fourth-order valence-corrected chi connectivity index (χ4v) is 3.74. The Morgan fingerprint density at radius 1 is 1.28 bits per heavy atom. The summed E-state index contributed by atoms with van der Waals surface area (Å²) < 4.78 is 1.13. The number of hydrogen-bond acceptors (Lipinski definition) is 1. The summed E-state index contributed by atoms with van der Waals surface area (Å²) in [6.07, 6.45) is 3.28. The Kier molecular flexibility index (Phi) is 3.89. The summed E-state index contributed by atoms with van der Waals surface area (Å²) in [5.41, 5.74) is 3.75. The third-order valence-electron chi connectivity index (χ3n) is 4.59. The van der Waals surface area contributed by atoms with Crippen molar-refractivity contribution in [2.75, 3.05) is 0 Å². The summed E-state index contributed by atoms with van der Waals surface area (Å²) in [5, 5.41) is 10.7. The van der Waals surface area contributed by atoms with Crippen LogP contribution in [0.2, 0.25) is 0 Å². The van der Waals surface area contributed by atoms with Crippen LogP contribution in [0, 0.1) is 25.2 Å². The van der Waals surface area contributed by atoms with Gasteiger partial charge < -0.3 is 5.11 Å². The molecule has 1 aliphatic rings. The van der Waals surface area contributed by atoms with Crippen LogP contribution in [-0.2, 0) is 0 Å². The maximum atomic E-state index is 10.7. The molecule has 2 rings (SSSR count). The molecule has 100 valence electrons. The Balaban J connectivity index is 2.34. The molecule has 0 amide bonds. The van der Waals surface area contributed by atoms with Gasteiger partial charge in [0.15, 0.2) is 0 Å². The highest BCUT2D eigenvalue weighted by Crippen LogP contribution is 2.49. The van der Waals surface area contributed by atoms with Crippen molar-refractivity contribution in [2.45, 2.75) is 53.1 Å². The van der Waals surface area contributed by atoms with Gasteiger partial charge in [-0.2, -0.15) is 0 Å². The lowest BCUT2D eigenvalue weighted by Gasteiger charge is -2.32. The number of aliphatic hydroxyl groups excluding tert-OH is 1. The minimum atomic E-state index is -0.325. The van der Waals surface area contributed by atoms with E-state index in [0.29, 0.717) is 5.92 Å². The molecule has 0 spiro atoms. The van der Waals surface area contributed by atoms with E-state index < -0.39 is 0 Å². The zero-order valence-electron chi connectivity index (χ0n) is 11.8. The van der Waals surface area contributed by atoms with Gasteiger partial charge in [-0.1, -0.05) is 42.3 Å². The van der Waals surface area contributed by atoms with Gasteiger partial charge in [0.25, 0.3) is 0 Å². The lowest BCUT2D eigenvalue weighted by Crippen LogP contribution is -2.24. The minimum Gasteiger partial charge on any atom is -0.388 e. The van der Waals surface area contributed by atoms with Gasteiger partial charge in [-0.25, -0.2) is 0 Å². The predicted molar refractivity (Wildman–Crippen MR) is 79.7 cm³/mol. The molecule has 2 unspecified atom stereocenters. The van der Waals surface area contributed by atoms with Crippen molar-refractivity contribution < 1.29 is 5.11 Å².